The average Bonchev–Trinajstić information content (AvgIpc) is 3.39. The smallest absolute Gasteiger partial charge is 0.256 e. The fourth-order valence-electron chi connectivity index (χ4n) is 2.69. The fourth-order valence-corrected chi connectivity index (χ4v) is 3.03. The molecule has 1 amide bonds. The molecule has 0 bridgehead atoms. The first-order valence-corrected chi connectivity index (χ1v) is 9.80. The van der Waals surface area contributed by atoms with Crippen LogP contribution in [0.5, 0.6) is 0 Å². The van der Waals surface area contributed by atoms with Crippen LogP contribution in [0.3, 0.4) is 0 Å². The third-order valence-electron chi connectivity index (χ3n) is 4.11. The van der Waals surface area contributed by atoms with Crippen molar-refractivity contribution >= 4 is 40.1 Å². The standard InChI is InChI=1S/C18H18N8OS/c1-28-18-21-10-14(17(27)20-5-7-26-6-4-19-11-26)16(24-18)23-13-3-2-12-9-22-25-15(12)8-13/h2-4,6,8-11H,5,7H2,1H3,(H,20,27)(H,22,25)(H,21,23,24). The molecule has 0 atom stereocenters. The zero-order valence-corrected chi connectivity index (χ0v) is 15.9. The number of aromatic nitrogens is 6. The second kappa shape index (κ2) is 8.09. The van der Waals surface area contributed by atoms with E-state index in [1.54, 1.807) is 24.9 Å². The summed E-state index contributed by atoms with van der Waals surface area (Å²) in [7, 11) is 0. The Balaban J connectivity index is 1.53. The summed E-state index contributed by atoms with van der Waals surface area (Å²) < 4.78 is 1.90. The van der Waals surface area contributed by atoms with Crippen LogP contribution >= 0.6 is 11.8 Å². The van der Waals surface area contributed by atoms with Crippen LogP contribution < -0.4 is 10.6 Å². The van der Waals surface area contributed by atoms with Crippen LogP contribution in [-0.2, 0) is 6.54 Å². The molecule has 3 heterocycles. The van der Waals surface area contributed by atoms with Gasteiger partial charge in [-0.15, -0.1) is 0 Å². The summed E-state index contributed by atoms with van der Waals surface area (Å²) in [6, 6.07) is 5.78. The maximum Gasteiger partial charge on any atom is 0.256 e. The van der Waals surface area contributed by atoms with E-state index in [9.17, 15) is 4.79 Å². The van der Waals surface area contributed by atoms with Crippen LogP contribution in [0, 0.1) is 0 Å². The number of carbonyl (C=O) groups is 1. The highest BCUT2D eigenvalue weighted by Crippen LogP contribution is 2.23. The minimum atomic E-state index is -0.238. The van der Waals surface area contributed by atoms with Gasteiger partial charge in [-0.1, -0.05) is 11.8 Å². The molecule has 0 spiro atoms. The maximum atomic E-state index is 12.7. The van der Waals surface area contributed by atoms with Crippen molar-refractivity contribution < 1.29 is 4.79 Å². The number of H-pyrrole nitrogens is 1. The van der Waals surface area contributed by atoms with E-state index in [2.05, 4.69) is 35.8 Å². The largest absolute Gasteiger partial charge is 0.350 e. The van der Waals surface area contributed by atoms with Crippen molar-refractivity contribution in [2.24, 2.45) is 0 Å². The molecule has 3 N–H and O–H groups in total. The number of anilines is 2. The van der Waals surface area contributed by atoms with E-state index in [1.807, 2.05) is 35.2 Å². The van der Waals surface area contributed by atoms with Crippen LogP contribution in [-0.4, -0.2) is 48.4 Å². The maximum absolute atomic E-state index is 12.7. The molecule has 0 aliphatic heterocycles. The van der Waals surface area contributed by atoms with Crippen LogP contribution in [0.15, 0.2) is 54.5 Å². The third kappa shape index (κ3) is 3.96. The minimum Gasteiger partial charge on any atom is -0.350 e. The SMILES string of the molecule is CSc1ncc(C(=O)NCCn2ccnc2)c(Nc2ccc3cn[nH]c3c2)n1. The van der Waals surface area contributed by atoms with Crippen molar-refractivity contribution in [1.29, 1.82) is 0 Å². The van der Waals surface area contributed by atoms with Gasteiger partial charge in [-0.3, -0.25) is 9.89 Å². The molecule has 3 aromatic heterocycles. The summed E-state index contributed by atoms with van der Waals surface area (Å²) >= 11 is 1.41. The van der Waals surface area contributed by atoms with E-state index in [0.717, 1.165) is 16.6 Å². The molecule has 142 valence electrons. The predicted octanol–water partition coefficient (Wildman–Crippen LogP) is 2.44. The number of nitrogens with zero attached hydrogens (tertiary/aromatic N) is 5. The molecule has 0 unspecified atom stereocenters. The van der Waals surface area contributed by atoms with Crippen LogP contribution in [0.25, 0.3) is 10.9 Å². The summed E-state index contributed by atoms with van der Waals surface area (Å²) in [5.74, 6) is 0.219. The number of thioether (sulfide) groups is 1. The molecule has 0 aliphatic carbocycles. The van der Waals surface area contributed by atoms with E-state index in [-0.39, 0.29) is 5.91 Å². The molecule has 4 rings (SSSR count). The topological polar surface area (TPSA) is 113 Å². The number of amides is 1. The third-order valence-corrected chi connectivity index (χ3v) is 4.68. The van der Waals surface area contributed by atoms with E-state index in [4.69, 9.17) is 0 Å². The van der Waals surface area contributed by atoms with Gasteiger partial charge < -0.3 is 15.2 Å². The van der Waals surface area contributed by atoms with Crippen molar-refractivity contribution in [3.8, 4) is 0 Å². The number of hydrogen-bond donors (Lipinski definition) is 3. The number of benzene rings is 1. The Morgan fingerprint density at radius 3 is 3.07 bits per heavy atom. The molecule has 0 aliphatic rings. The number of hydrogen-bond acceptors (Lipinski definition) is 7. The van der Waals surface area contributed by atoms with Crippen molar-refractivity contribution in [3.63, 3.8) is 0 Å². The molecule has 1 aromatic carbocycles. The van der Waals surface area contributed by atoms with Gasteiger partial charge in [0.15, 0.2) is 5.16 Å². The fraction of sp³-hybridized carbons (Fsp3) is 0.167. The number of fused-ring (bicyclic) bond motifs is 1. The summed E-state index contributed by atoms with van der Waals surface area (Å²) in [5, 5.41) is 14.7. The van der Waals surface area contributed by atoms with Gasteiger partial charge in [-0.25, -0.2) is 15.0 Å². The normalized spacial score (nSPS) is 10.9. The van der Waals surface area contributed by atoms with E-state index >= 15 is 0 Å². The Hall–Kier alpha value is -3.40. The minimum absolute atomic E-state index is 0.238. The van der Waals surface area contributed by atoms with Crippen molar-refractivity contribution in [3.05, 3.63) is 54.9 Å². The summed E-state index contributed by atoms with van der Waals surface area (Å²) in [6.07, 6.45) is 10.5. The molecule has 0 fully saturated rings. The number of imidazole rings is 1. The Labute approximate surface area is 165 Å². The number of carbonyl (C=O) groups excluding carboxylic acids is 1. The Morgan fingerprint density at radius 2 is 2.25 bits per heavy atom. The summed E-state index contributed by atoms with van der Waals surface area (Å²) in [6.45, 7) is 1.10. The molecular weight excluding hydrogens is 376 g/mol. The lowest BCUT2D eigenvalue weighted by atomic mass is 10.2. The van der Waals surface area contributed by atoms with Gasteiger partial charge >= 0.3 is 0 Å². The second-order valence-electron chi connectivity index (χ2n) is 5.97. The van der Waals surface area contributed by atoms with Gasteiger partial charge in [0.25, 0.3) is 5.91 Å². The number of nitrogens with one attached hydrogen (secondary N) is 3. The Morgan fingerprint density at radius 1 is 1.32 bits per heavy atom. The highest BCUT2D eigenvalue weighted by Gasteiger charge is 2.15. The summed E-state index contributed by atoms with van der Waals surface area (Å²) in [4.78, 5) is 25.4. The van der Waals surface area contributed by atoms with E-state index < -0.39 is 0 Å². The lowest BCUT2D eigenvalue weighted by Crippen LogP contribution is -2.28. The first kappa shape index (κ1) is 18.0. The highest BCUT2D eigenvalue weighted by atomic mass is 32.2. The monoisotopic (exact) mass is 394 g/mol. The van der Waals surface area contributed by atoms with E-state index in [1.165, 1.54) is 11.8 Å². The first-order chi connectivity index (χ1) is 13.7. The Bertz CT molecular complexity index is 1090. The lowest BCUT2D eigenvalue weighted by Gasteiger charge is -2.12. The van der Waals surface area contributed by atoms with Gasteiger partial charge in [-0.05, 0) is 24.5 Å². The van der Waals surface area contributed by atoms with Crippen LogP contribution in [0.4, 0.5) is 11.5 Å². The molecule has 0 radical (unpaired) electrons. The lowest BCUT2D eigenvalue weighted by molar-refractivity contribution is 0.0952. The van der Waals surface area contributed by atoms with Crippen LogP contribution in [0.2, 0.25) is 0 Å². The molecule has 9 nitrogen and oxygen atoms in total. The highest BCUT2D eigenvalue weighted by molar-refractivity contribution is 7.98. The van der Waals surface area contributed by atoms with E-state index in [0.29, 0.717) is 29.6 Å². The molecule has 28 heavy (non-hydrogen) atoms. The van der Waals surface area contributed by atoms with Gasteiger partial charge in [0, 0.05) is 42.8 Å². The predicted molar refractivity (Wildman–Crippen MR) is 108 cm³/mol. The molecule has 0 saturated heterocycles. The quantitative estimate of drug-likeness (QED) is 0.326. The zero-order chi connectivity index (χ0) is 19.3. The second-order valence-corrected chi connectivity index (χ2v) is 6.75. The molecule has 4 aromatic rings. The molecule has 0 saturated carbocycles. The molecular formula is C18H18N8OS. The number of rotatable bonds is 7. The number of aromatic amines is 1. The van der Waals surface area contributed by atoms with Crippen molar-refractivity contribution in [2.45, 2.75) is 11.7 Å². The van der Waals surface area contributed by atoms with Crippen molar-refractivity contribution in [1.82, 2.24) is 35.0 Å². The molecule has 10 heteroatoms. The van der Waals surface area contributed by atoms with Gasteiger partial charge in [0.2, 0.25) is 0 Å². The first-order valence-electron chi connectivity index (χ1n) is 8.58. The zero-order valence-electron chi connectivity index (χ0n) is 15.1. The van der Waals surface area contributed by atoms with Gasteiger partial charge in [-0.2, -0.15) is 5.10 Å². The Kier molecular flexibility index (Phi) is 5.20. The average molecular weight is 394 g/mol. The van der Waals surface area contributed by atoms with Gasteiger partial charge in [0.05, 0.1) is 18.0 Å². The van der Waals surface area contributed by atoms with Gasteiger partial charge in [0.1, 0.15) is 11.4 Å². The summed E-state index contributed by atoms with van der Waals surface area (Å²) in [5.41, 5.74) is 2.08. The van der Waals surface area contributed by atoms with Crippen LogP contribution in [0.1, 0.15) is 10.4 Å². The van der Waals surface area contributed by atoms with Crippen molar-refractivity contribution in [2.75, 3.05) is 18.1 Å².